The van der Waals surface area contributed by atoms with E-state index in [1.807, 2.05) is 177 Å². The van der Waals surface area contributed by atoms with E-state index in [2.05, 4.69) is 13.8 Å². The van der Waals surface area contributed by atoms with Crippen LogP contribution in [0.4, 0.5) is 0 Å². The molecular weight excluding hydrogens is 1070 g/mol. The van der Waals surface area contributed by atoms with E-state index < -0.39 is 70.0 Å². The number of aliphatic hydroxyl groups is 2. The molecule has 1 saturated heterocycles. The summed E-state index contributed by atoms with van der Waals surface area (Å²) in [6.07, 6.45) is -5.57. The van der Waals surface area contributed by atoms with Gasteiger partial charge in [-0.1, -0.05) is 130 Å². The molecule has 5 aromatic rings. The molecule has 7 atom stereocenters. The van der Waals surface area contributed by atoms with Gasteiger partial charge in [-0.15, -0.1) is 0 Å². The number of hydrogen-bond donors (Lipinski definition) is 2. The highest BCUT2D eigenvalue weighted by molar-refractivity contribution is 5.85. The first kappa shape index (κ1) is 67.2. The molecule has 0 radical (unpaired) electrons. The first-order valence-corrected chi connectivity index (χ1v) is 29.0. The average Bonchev–Trinajstić information content (AvgIpc) is 1.36. The molecule has 1 heterocycles. The van der Waals surface area contributed by atoms with Gasteiger partial charge in [0.05, 0.1) is 112 Å². The summed E-state index contributed by atoms with van der Waals surface area (Å²) in [4.78, 5) is 29.9. The van der Waals surface area contributed by atoms with Gasteiger partial charge in [0.25, 0.3) is 0 Å². The summed E-state index contributed by atoms with van der Waals surface area (Å²) < 4.78 is 67.5. The van der Waals surface area contributed by atoms with E-state index in [1.165, 1.54) is 0 Å². The van der Waals surface area contributed by atoms with Gasteiger partial charge >= 0.3 is 0 Å². The molecule has 5 aromatic carbocycles. The van der Waals surface area contributed by atoms with E-state index in [0.717, 1.165) is 39.3 Å². The largest absolute Gasteiger partial charge is 0.497 e. The maximum Gasteiger partial charge on any atom is 0.184 e. The maximum absolute atomic E-state index is 15.0. The van der Waals surface area contributed by atoms with Crippen LogP contribution in [0.15, 0.2) is 121 Å². The molecule has 0 aliphatic carbocycles. The van der Waals surface area contributed by atoms with Crippen LogP contribution >= 0.6 is 0 Å². The summed E-state index contributed by atoms with van der Waals surface area (Å²) >= 11 is 0. The number of aliphatic hydroxyl groups excluding tert-OH is 2. The van der Waals surface area contributed by atoms with Gasteiger partial charge in [0.15, 0.2) is 6.29 Å². The topological polar surface area (TPSA) is 176 Å². The van der Waals surface area contributed by atoms with Crippen molar-refractivity contribution in [1.29, 1.82) is 0 Å². The van der Waals surface area contributed by atoms with E-state index in [-0.39, 0.29) is 63.7 Å². The molecule has 1 aliphatic rings. The Balaban J connectivity index is 1.30. The molecule has 0 spiro atoms. The number of ether oxygens (including phenoxy) is 11. The molecule has 6 rings (SSSR count). The third kappa shape index (κ3) is 18.1. The predicted octanol–water partition coefficient (Wildman–Crippen LogP) is 12.7. The lowest BCUT2D eigenvalue weighted by molar-refractivity contribution is -0.311. The van der Waals surface area contributed by atoms with Crippen LogP contribution in [-0.2, 0) is 64.4 Å². The van der Waals surface area contributed by atoms with Crippen molar-refractivity contribution in [3.63, 3.8) is 0 Å². The van der Waals surface area contributed by atoms with Gasteiger partial charge in [0.2, 0.25) is 0 Å². The SMILES string of the molecule is COc1ccc(COCC(C)(C)[C@H](O)CC(=O)C(C)(C)[C@H](C[C@@H]2OC(c3ccc(OC)cc3)O[C@H](C[C@@H](OCc3ccc(OC)cc3)C(C)(C)C(=O)C[C@H](O)C(C)(C)COCc3ccc(OC)cc3)C2(C)C)OCc2ccc(OC)cc2)cc1. The van der Waals surface area contributed by atoms with Crippen LogP contribution in [0.2, 0.25) is 0 Å². The van der Waals surface area contributed by atoms with Crippen LogP contribution in [0.1, 0.15) is 129 Å². The Labute approximate surface area is 499 Å². The normalized spacial score (nSPS) is 18.0. The number of carbonyl (C=O) groups excluding carboxylic acids is 2. The predicted molar refractivity (Wildman–Crippen MR) is 323 cm³/mol. The lowest BCUT2D eigenvalue weighted by Crippen LogP contribution is -2.55. The number of ketones is 2. The van der Waals surface area contributed by atoms with Gasteiger partial charge in [0, 0.05) is 58.3 Å². The van der Waals surface area contributed by atoms with Crippen LogP contribution in [0.5, 0.6) is 28.7 Å². The van der Waals surface area contributed by atoms with Crippen molar-refractivity contribution in [2.45, 2.75) is 164 Å². The minimum absolute atomic E-state index is 0.150. The maximum atomic E-state index is 15.0. The van der Waals surface area contributed by atoms with Crippen LogP contribution in [0.25, 0.3) is 0 Å². The molecular formula is C69H94O15. The molecule has 84 heavy (non-hydrogen) atoms. The zero-order valence-corrected chi connectivity index (χ0v) is 52.4. The van der Waals surface area contributed by atoms with E-state index in [9.17, 15) is 19.8 Å². The second-order valence-corrected chi connectivity index (χ2v) is 25.3. The van der Waals surface area contributed by atoms with Crippen molar-refractivity contribution >= 4 is 11.6 Å². The fraction of sp³-hybridized carbons (Fsp3) is 0.536. The van der Waals surface area contributed by atoms with Crippen molar-refractivity contribution < 1.29 is 71.9 Å². The minimum Gasteiger partial charge on any atom is -0.497 e. The number of carbonyl (C=O) groups is 2. The molecule has 0 saturated carbocycles. The molecule has 0 aromatic heterocycles. The van der Waals surface area contributed by atoms with Gasteiger partial charge in [-0.2, -0.15) is 0 Å². The van der Waals surface area contributed by atoms with E-state index in [4.69, 9.17) is 52.1 Å². The highest BCUT2D eigenvalue weighted by atomic mass is 16.7. The Bertz CT molecular complexity index is 2620. The van der Waals surface area contributed by atoms with Gasteiger partial charge in [-0.3, -0.25) is 9.59 Å². The Morgan fingerprint density at radius 1 is 0.452 bits per heavy atom. The lowest BCUT2D eigenvalue weighted by atomic mass is 9.68. The summed E-state index contributed by atoms with van der Waals surface area (Å²) in [6.45, 7) is 20.6. The molecule has 1 fully saturated rings. The van der Waals surface area contributed by atoms with Crippen molar-refractivity contribution in [3.8, 4) is 28.7 Å². The molecule has 2 N–H and O–H groups in total. The number of benzene rings is 5. The van der Waals surface area contributed by atoms with Crippen molar-refractivity contribution in [2.24, 2.45) is 27.1 Å². The summed E-state index contributed by atoms with van der Waals surface area (Å²) in [5, 5.41) is 23.7. The monoisotopic (exact) mass is 1160 g/mol. The second kappa shape index (κ2) is 30.0. The first-order chi connectivity index (χ1) is 39.7. The van der Waals surface area contributed by atoms with Crippen LogP contribution < -0.4 is 23.7 Å². The Morgan fingerprint density at radius 2 is 0.726 bits per heavy atom. The molecule has 460 valence electrons. The zero-order valence-electron chi connectivity index (χ0n) is 52.4. The van der Waals surface area contributed by atoms with Crippen LogP contribution in [-0.4, -0.2) is 107 Å². The van der Waals surface area contributed by atoms with Crippen molar-refractivity contribution in [2.75, 3.05) is 48.8 Å². The zero-order chi connectivity index (χ0) is 61.5. The Morgan fingerprint density at radius 3 is 1.01 bits per heavy atom. The minimum atomic E-state index is -1.16. The molecule has 1 unspecified atom stereocenters. The van der Waals surface area contributed by atoms with E-state index in [0.29, 0.717) is 30.5 Å². The molecule has 0 amide bonds. The summed E-state index contributed by atoms with van der Waals surface area (Å²) in [6, 6.07) is 37.9. The van der Waals surface area contributed by atoms with Gasteiger partial charge in [0.1, 0.15) is 40.3 Å². The second-order valence-electron chi connectivity index (χ2n) is 25.3. The van der Waals surface area contributed by atoms with Gasteiger partial charge in [-0.05, 0) is 82.9 Å². The third-order valence-electron chi connectivity index (χ3n) is 17.1. The van der Waals surface area contributed by atoms with Crippen molar-refractivity contribution in [1.82, 2.24) is 0 Å². The molecule has 15 heteroatoms. The van der Waals surface area contributed by atoms with Gasteiger partial charge < -0.3 is 62.3 Å². The lowest BCUT2D eigenvalue weighted by Gasteiger charge is -2.51. The summed E-state index contributed by atoms with van der Waals surface area (Å²) in [7, 11) is 8.08. The number of Topliss-reactive ketones (excluding diaryl/α,β-unsaturated/α-hetero) is 2. The molecule has 15 nitrogen and oxygen atoms in total. The summed E-state index contributed by atoms with van der Waals surface area (Å²) in [5.41, 5.74) is -0.329. The highest BCUT2D eigenvalue weighted by Crippen LogP contribution is 2.49. The third-order valence-corrected chi connectivity index (χ3v) is 17.1. The van der Waals surface area contributed by atoms with E-state index >= 15 is 0 Å². The number of hydrogen-bond acceptors (Lipinski definition) is 15. The average molecular weight is 1160 g/mol. The Hall–Kier alpha value is -5.88. The molecule has 1 aliphatic heterocycles. The van der Waals surface area contributed by atoms with Crippen LogP contribution in [0.3, 0.4) is 0 Å². The van der Waals surface area contributed by atoms with Gasteiger partial charge in [-0.25, -0.2) is 0 Å². The fourth-order valence-electron chi connectivity index (χ4n) is 10.2. The van der Waals surface area contributed by atoms with Crippen molar-refractivity contribution in [3.05, 3.63) is 149 Å². The summed E-state index contributed by atoms with van der Waals surface area (Å²) in [5.74, 6) is 3.18. The van der Waals surface area contributed by atoms with Crippen LogP contribution in [0, 0.1) is 27.1 Å². The number of methoxy groups -OCH3 is 5. The van der Waals surface area contributed by atoms with E-state index in [1.54, 1.807) is 35.5 Å². The smallest absolute Gasteiger partial charge is 0.184 e. The first-order valence-electron chi connectivity index (χ1n) is 29.0. The highest BCUT2D eigenvalue weighted by Gasteiger charge is 2.52. The number of rotatable bonds is 34. The standard InChI is InChI=1S/C69H94O15/c1-65(2,44-79-40-46-16-26-51(74-11)27-17-46)56(70)36-58(72)67(5,6)60(81-42-48-20-30-53(76-13)31-21-48)38-62-69(9,10)63(84-64(83-62)50-24-34-55(78-15)35-25-50)39-61(82-43-49-22-32-54(77-14)33-23-49)68(7,8)59(73)37-57(71)66(3,4)45-80-41-47-18-28-52(75-12)29-19-47/h16-35,56-57,60-64,70-71H,36-45H2,1-15H3/t56-,57+,60+,61-,62+,63-,64?. The molecule has 0 bridgehead atoms. The quantitative estimate of drug-likeness (QED) is 0.0397. The fourth-order valence-corrected chi connectivity index (χ4v) is 10.2. The Kier molecular flexibility index (Phi) is 24.0.